The molecule has 0 saturated heterocycles. The number of pyridine rings is 1. The maximum atomic E-state index is 11.7. The third kappa shape index (κ3) is 4.45. The van der Waals surface area contributed by atoms with Crippen LogP contribution in [0, 0.1) is 0 Å². The summed E-state index contributed by atoms with van der Waals surface area (Å²) in [6, 6.07) is 9.71. The monoisotopic (exact) mass is 497 g/mol. The zero-order valence-corrected chi connectivity index (χ0v) is 21.3. The smallest absolute Gasteiger partial charge is 0.231 e. The van der Waals surface area contributed by atoms with E-state index in [0.29, 0.717) is 18.8 Å². The first-order chi connectivity index (χ1) is 16.1. The summed E-state index contributed by atoms with van der Waals surface area (Å²) < 4.78 is 31.7. The molecule has 0 spiro atoms. The summed E-state index contributed by atoms with van der Waals surface area (Å²) in [5, 5.41) is 4.48. The van der Waals surface area contributed by atoms with Crippen LogP contribution in [0.15, 0.2) is 36.7 Å². The SMILES string of the molecule is CN(c1ccc(CCNc2ncnc3c2sc2nc4c(cc23)COC(C)(C)C4)cc1)S(C)(=O)=O. The number of anilines is 2. The summed E-state index contributed by atoms with van der Waals surface area (Å²) in [5.41, 5.74) is 4.69. The van der Waals surface area contributed by atoms with Crippen molar-refractivity contribution in [3.8, 4) is 0 Å². The van der Waals surface area contributed by atoms with Gasteiger partial charge in [-0.25, -0.2) is 23.4 Å². The molecule has 4 aromatic rings. The largest absolute Gasteiger partial charge is 0.370 e. The molecule has 1 aliphatic rings. The minimum Gasteiger partial charge on any atom is -0.370 e. The molecule has 34 heavy (non-hydrogen) atoms. The molecule has 0 radical (unpaired) electrons. The number of nitrogens with one attached hydrogen (secondary N) is 1. The van der Waals surface area contributed by atoms with Crippen LogP contribution in [0.4, 0.5) is 11.5 Å². The minimum atomic E-state index is -3.27. The summed E-state index contributed by atoms with van der Waals surface area (Å²) in [7, 11) is -1.72. The van der Waals surface area contributed by atoms with E-state index in [4.69, 9.17) is 9.72 Å². The Morgan fingerprint density at radius 3 is 2.71 bits per heavy atom. The van der Waals surface area contributed by atoms with Gasteiger partial charge in [0.05, 0.1) is 40.1 Å². The van der Waals surface area contributed by atoms with E-state index in [9.17, 15) is 8.42 Å². The molecule has 5 rings (SSSR count). The highest BCUT2D eigenvalue weighted by atomic mass is 32.2. The van der Waals surface area contributed by atoms with Crippen molar-refractivity contribution in [2.24, 2.45) is 0 Å². The number of thiophene rings is 1. The van der Waals surface area contributed by atoms with Gasteiger partial charge in [0, 0.05) is 31.0 Å². The highest BCUT2D eigenvalue weighted by Gasteiger charge is 2.28. The molecule has 0 aliphatic carbocycles. The van der Waals surface area contributed by atoms with Crippen LogP contribution in [0.25, 0.3) is 20.4 Å². The highest BCUT2D eigenvalue weighted by Crippen LogP contribution is 2.38. The van der Waals surface area contributed by atoms with Gasteiger partial charge >= 0.3 is 0 Å². The van der Waals surface area contributed by atoms with Crippen molar-refractivity contribution >= 4 is 53.3 Å². The summed E-state index contributed by atoms with van der Waals surface area (Å²) >= 11 is 1.61. The quantitative estimate of drug-likeness (QED) is 0.428. The van der Waals surface area contributed by atoms with E-state index in [1.54, 1.807) is 24.7 Å². The molecule has 0 amide bonds. The fourth-order valence-corrected chi connectivity index (χ4v) is 5.70. The summed E-state index contributed by atoms with van der Waals surface area (Å²) in [4.78, 5) is 15.0. The molecular weight excluding hydrogens is 470 g/mol. The number of hydrogen-bond acceptors (Lipinski definition) is 8. The van der Waals surface area contributed by atoms with Crippen molar-refractivity contribution < 1.29 is 13.2 Å². The summed E-state index contributed by atoms with van der Waals surface area (Å²) in [5.74, 6) is 0.802. The first-order valence-corrected chi connectivity index (χ1v) is 13.7. The third-order valence-corrected chi connectivity index (χ3v) is 8.43. The number of hydrogen-bond donors (Lipinski definition) is 1. The van der Waals surface area contributed by atoms with E-state index >= 15 is 0 Å². The summed E-state index contributed by atoms with van der Waals surface area (Å²) in [6.45, 7) is 5.45. The van der Waals surface area contributed by atoms with Gasteiger partial charge in [-0.05, 0) is 44.0 Å². The van der Waals surface area contributed by atoms with Crippen LogP contribution in [0.1, 0.15) is 30.7 Å². The average molecular weight is 498 g/mol. The number of ether oxygens (including phenoxy) is 1. The van der Waals surface area contributed by atoms with Crippen molar-refractivity contribution in [1.29, 1.82) is 0 Å². The predicted octanol–water partition coefficient (Wildman–Crippen LogP) is 4.14. The van der Waals surface area contributed by atoms with Gasteiger partial charge in [0.2, 0.25) is 10.0 Å². The van der Waals surface area contributed by atoms with Crippen LogP contribution in [-0.4, -0.2) is 48.8 Å². The van der Waals surface area contributed by atoms with Gasteiger partial charge in [0.15, 0.2) is 0 Å². The molecular formula is C24H27N5O3S2. The molecule has 10 heteroatoms. The topological polar surface area (TPSA) is 97.3 Å². The Kier molecular flexibility index (Phi) is 5.70. The molecule has 1 N–H and O–H groups in total. The Morgan fingerprint density at radius 1 is 1.21 bits per heavy atom. The number of benzene rings is 1. The van der Waals surface area contributed by atoms with Gasteiger partial charge in [-0.1, -0.05) is 12.1 Å². The molecule has 178 valence electrons. The van der Waals surface area contributed by atoms with Crippen LogP contribution in [0.3, 0.4) is 0 Å². The lowest BCUT2D eigenvalue weighted by atomic mass is 9.95. The van der Waals surface area contributed by atoms with Gasteiger partial charge in [-0.15, -0.1) is 11.3 Å². The molecule has 3 aromatic heterocycles. The second-order valence-corrected chi connectivity index (χ2v) is 12.3. The van der Waals surface area contributed by atoms with Gasteiger partial charge in [0.1, 0.15) is 17.0 Å². The van der Waals surface area contributed by atoms with Crippen molar-refractivity contribution in [1.82, 2.24) is 15.0 Å². The Balaban J connectivity index is 1.34. The molecule has 8 nitrogen and oxygen atoms in total. The molecule has 0 fully saturated rings. The second-order valence-electron chi connectivity index (χ2n) is 9.25. The normalized spacial score (nSPS) is 15.4. The molecule has 0 atom stereocenters. The predicted molar refractivity (Wildman–Crippen MR) is 137 cm³/mol. The van der Waals surface area contributed by atoms with Crippen LogP contribution in [0.5, 0.6) is 0 Å². The van der Waals surface area contributed by atoms with Gasteiger partial charge in [-0.2, -0.15) is 0 Å². The van der Waals surface area contributed by atoms with Gasteiger partial charge in [0.25, 0.3) is 0 Å². The first kappa shape index (κ1) is 22.9. The van der Waals surface area contributed by atoms with Crippen LogP contribution >= 0.6 is 11.3 Å². The number of fused-ring (bicyclic) bond motifs is 4. The Labute approximate surface area is 203 Å². The average Bonchev–Trinajstić information content (AvgIpc) is 3.14. The fraction of sp³-hybridized carbons (Fsp3) is 0.375. The van der Waals surface area contributed by atoms with Crippen molar-refractivity contribution in [2.45, 2.75) is 38.9 Å². The molecule has 0 saturated carbocycles. The van der Waals surface area contributed by atoms with Gasteiger partial charge < -0.3 is 10.1 Å². The Hall–Kier alpha value is -2.82. The zero-order valence-electron chi connectivity index (χ0n) is 19.6. The van der Waals surface area contributed by atoms with Crippen LogP contribution in [0.2, 0.25) is 0 Å². The number of rotatable bonds is 6. The molecule has 0 bridgehead atoms. The second kappa shape index (κ2) is 8.44. The molecule has 0 unspecified atom stereocenters. The van der Waals surface area contributed by atoms with E-state index in [1.165, 1.54) is 10.6 Å². The lowest BCUT2D eigenvalue weighted by molar-refractivity contribution is -0.0411. The molecule has 1 aromatic carbocycles. The van der Waals surface area contributed by atoms with E-state index in [2.05, 4.69) is 35.2 Å². The molecule has 4 heterocycles. The number of aromatic nitrogens is 3. The van der Waals surface area contributed by atoms with Crippen molar-refractivity contribution in [3.63, 3.8) is 0 Å². The van der Waals surface area contributed by atoms with Crippen LogP contribution < -0.4 is 9.62 Å². The lowest BCUT2D eigenvalue weighted by Crippen LogP contribution is -2.32. The number of sulfonamides is 1. The lowest BCUT2D eigenvalue weighted by Gasteiger charge is -2.30. The van der Waals surface area contributed by atoms with Gasteiger partial charge in [-0.3, -0.25) is 4.31 Å². The first-order valence-electron chi connectivity index (χ1n) is 11.1. The van der Waals surface area contributed by atoms with Crippen molar-refractivity contribution in [2.75, 3.05) is 29.5 Å². The zero-order chi connectivity index (χ0) is 24.1. The fourth-order valence-electron chi connectivity index (χ4n) is 4.10. The van der Waals surface area contributed by atoms with E-state index in [1.807, 2.05) is 24.3 Å². The van der Waals surface area contributed by atoms with Crippen LogP contribution in [-0.2, 0) is 34.2 Å². The van der Waals surface area contributed by atoms with Crippen molar-refractivity contribution in [3.05, 3.63) is 53.5 Å². The standard InChI is InChI=1S/C24H27N5O3S2/c1-24(2)12-19-16(13-32-24)11-18-20-21(33-23(18)28-19)22(27-14-26-20)25-10-9-15-5-7-17(8-6-15)29(3)34(4,30)31/h5-8,11,14H,9-10,12-13H2,1-4H3,(H,25,26,27). The summed E-state index contributed by atoms with van der Waals surface area (Å²) in [6.07, 6.45) is 4.35. The highest BCUT2D eigenvalue weighted by molar-refractivity contribution is 7.92. The maximum absolute atomic E-state index is 11.7. The van der Waals surface area contributed by atoms with E-state index in [0.717, 1.165) is 55.9 Å². The number of nitrogens with zero attached hydrogens (tertiary/aromatic N) is 4. The maximum Gasteiger partial charge on any atom is 0.231 e. The Morgan fingerprint density at radius 2 is 1.97 bits per heavy atom. The van der Waals surface area contributed by atoms with E-state index in [-0.39, 0.29) is 5.60 Å². The minimum absolute atomic E-state index is 0.199. The van der Waals surface area contributed by atoms with E-state index < -0.39 is 10.0 Å². The molecule has 1 aliphatic heterocycles. The third-order valence-electron chi connectivity index (χ3n) is 6.13. The Bertz CT molecular complexity index is 1480.